The maximum Gasteiger partial charge on any atom is 0.328 e. The average molecular weight is 465 g/mol. The van der Waals surface area contributed by atoms with Crippen LogP contribution in [0.25, 0.3) is 0 Å². The Morgan fingerprint density at radius 1 is 1.03 bits per heavy atom. The molecule has 0 saturated heterocycles. The predicted molar refractivity (Wildman–Crippen MR) is 110 cm³/mol. The molecule has 0 aromatic heterocycles. The Morgan fingerprint density at radius 2 is 1.76 bits per heavy atom. The zero-order valence-electron chi connectivity index (χ0n) is 16.1. The summed E-state index contributed by atoms with van der Waals surface area (Å²) < 4.78 is 19.6. The normalized spacial score (nSPS) is 12.6. The van der Waals surface area contributed by atoms with Gasteiger partial charge in [-0.1, -0.05) is 46.3 Å². The maximum absolute atomic E-state index is 14.0. The van der Waals surface area contributed by atoms with Crippen LogP contribution < -0.4 is 10.6 Å². The molecule has 0 aliphatic rings. The molecule has 2 amide bonds. The molecule has 0 aliphatic carbocycles. The van der Waals surface area contributed by atoms with Gasteiger partial charge in [0.05, 0.1) is 7.11 Å². The molecule has 2 rings (SSSR count). The highest BCUT2D eigenvalue weighted by Crippen LogP contribution is 2.14. The first-order valence-corrected chi connectivity index (χ1v) is 9.72. The van der Waals surface area contributed by atoms with Crippen molar-refractivity contribution in [3.05, 3.63) is 69.9 Å². The molecule has 29 heavy (non-hydrogen) atoms. The molecule has 0 radical (unpaired) electrons. The van der Waals surface area contributed by atoms with Crippen molar-refractivity contribution in [2.75, 3.05) is 7.11 Å². The van der Waals surface area contributed by atoms with Crippen LogP contribution in [0.1, 0.15) is 18.1 Å². The molecule has 2 atom stereocenters. The van der Waals surface area contributed by atoms with Gasteiger partial charge in [0.2, 0.25) is 11.8 Å². The van der Waals surface area contributed by atoms with Gasteiger partial charge in [0.15, 0.2) is 0 Å². The van der Waals surface area contributed by atoms with Crippen molar-refractivity contribution >= 4 is 33.7 Å². The van der Waals surface area contributed by atoms with Crippen LogP contribution in [0.15, 0.2) is 53.0 Å². The van der Waals surface area contributed by atoms with Crippen molar-refractivity contribution in [3.63, 3.8) is 0 Å². The minimum atomic E-state index is -1.04. The van der Waals surface area contributed by atoms with Crippen molar-refractivity contribution in [1.82, 2.24) is 10.6 Å². The summed E-state index contributed by atoms with van der Waals surface area (Å²) in [5, 5.41) is 5.13. The van der Waals surface area contributed by atoms with Crippen LogP contribution in [-0.4, -0.2) is 37.0 Å². The molecule has 0 unspecified atom stereocenters. The second-order valence-corrected chi connectivity index (χ2v) is 7.38. The maximum atomic E-state index is 14.0. The molecule has 0 saturated carbocycles. The van der Waals surface area contributed by atoms with Gasteiger partial charge in [0.1, 0.15) is 17.9 Å². The van der Waals surface area contributed by atoms with E-state index in [1.54, 1.807) is 6.07 Å². The number of esters is 1. The minimum absolute atomic E-state index is 0.0527. The smallest absolute Gasteiger partial charge is 0.328 e. The molecule has 8 heteroatoms. The number of benzene rings is 2. The molecule has 0 spiro atoms. The Balaban J connectivity index is 2.19. The van der Waals surface area contributed by atoms with Crippen LogP contribution in [-0.2, 0) is 32.0 Å². The van der Waals surface area contributed by atoms with Gasteiger partial charge < -0.3 is 15.4 Å². The number of nitrogens with one attached hydrogen (secondary N) is 2. The average Bonchev–Trinajstić information content (AvgIpc) is 2.67. The number of amides is 2. The van der Waals surface area contributed by atoms with E-state index in [0.29, 0.717) is 0 Å². The third kappa shape index (κ3) is 6.98. The van der Waals surface area contributed by atoms with E-state index in [0.717, 1.165) is 10.0 Å². The monoisotopic (exact) mass is 464 g/mol. The van der Waals surface area contributed by atoms with Gasteiger partial charge in [0, 0.05) is 24.2 Å². The molecule has 0 aliphatic heterocycles. The van der Waals surface area contributed by atoms with E-state index < -0.39 is 35.7 Å². The molecule has 2 aromatic carbocycles. The number of halogens is 2. The van der Waals surface area contributed by atoms with Crippen LogP contribution in [0.3, 0.4) is 0 Å². The van der Waals surface area contributed by atoms with Crippen molar-refractivity contribution in [1.29, 1.82) is 0 Å². The fourth-order valence-corrected chi connectivity index (χ4v) is 3.29. The van der Waals surface area contributed by atoms with E-state index in [2.05, 4.69) is 26.6 Å². The van der Waals surface area contributed by atoms with Crippen LogP contribution in [0.4, 0.5) is 4.39 Å². The van der Waals surface area contributed by atoms with E-state index in [4.69, 9.17) is 4.74 Å². The Bertz CT molecular complexity index is 890. The van der Waals surface area contributed by atoms with Crippen LogP contribution >= 0.6 is 15.9 Å². The molecule has 0 bridgehead atoms. The van der Waals surface area contributed by atoms with Gasteiger partial charge in [-0.15, -0.1) is 0 Å². The van der Waals surface area contributed by atoms with Gasteiger partial charge in [-0.2, -0.15) is 0 Å². The summed E-state index contributed by atoms with van der Waals surface area (Å²) in [7, 11) is 1.23. The molecule has 2 N–H and O–H groups in total. The van der Waals surface area contributed by atoms with Crippen LogP contribution in [0, 0.1) is 5.82 Å². The molecular weight excluding hydrogens is 443 g/mol. The van der Waals surface area contributed by atoms with Crippen molar-refractivity contribution in [3.8, 4) is 0 Å². The second kappa shape index (κ2) is 10.7. The zero-order valence-corrected chi connectivity index (χ0v) is 17.7. The summed E-state index contributed by atoms with van der Waals surface area (Å²) in [6, 6.07) is 11.3. The summed E-state index contributed by atoms with van der Waals surface area (Å²) in [5.41, 5.74) is 1.09. The van der Waals surface area contributed by atoms with Crippen molar-refractivity contribution < 1.29 is 23.5 Å². The number of hydrogen-bond donors (Lipinski definition) is 2. The lowest BCUT2D eigenvalue weighted by atomic mass is 10.0. The Kier molecular flexibility index (Phi) is 8.33. The lowest BCUT2D eigenvalue weighted by Crippen LogP contribution is -2.53. The Hall–Kier alpha value is -2.74. The van der Waals surface area contributed by atoms with E-state index in [1.165, 1.54) is 32.2 Å². The number of rotatable bonds is 8. The molecule has 154 valence electrons. The number of hydrogen-bond acceptors (Lipinski definition) is 4. The highest BCUT2D eigenvalue weighted by molar-refractivity contribution is 9.10. The van der Waals surface area contributed by atoms with Crippen molar-refractivity contribution in [2.45, 2.75) is 31.8 Å². The first-order chi connectivity index (χ1) is 13.8. The van der Waals surface area contributed by atoms with E-state index in [1.807, 2.05) is 24.3 Å². The summed E-state index contributed by atoms with van der Waals surface area (Å²) >= 11 is 3.36. The number of ether oxygens (including phenoxy) is 1. The van der Waals surface area contributed by atoms with Gasteiger partial charge in [-0.3, -0.25) is 9.59 Å². The Morgan fingerprint density at radius 3 is 2.38 bits per heavy atom. The quantitative estimate of drug-likeness (QED) is 0.587. The highest BCUT2D eigenvalue weighted by atomic mass is 79.9. The van der Waals surface area contributed by atoms with Crippen molar-refractivity contribution in [2.24, 2.45) is 0 Å². The van der Waals surface area contributed by atoms with Gasteiger partial charge in [-0.25, -0.2) is 9.18 Å². The summed E-state index contributed by atoms with van der Waals surface area (Å²) in [6.07, 6.45) is 0.146. The van der Waals surface area contributed by atoms with Crippen LogP contribution in [0.2, 0.25) is 0 Å². The van der Waals surface area contributed by atoms with E-state index >= 15 is 0 Å². The molecular formula is C21H22BrFN2O4. The second-order valence-electron chi connectivity index (χ2n) is 6.47. The predicted octanol–water partition coefficient (Wildman–Crippen LogP) is 2.54. The molecule has 0 heterocycles. The lowest BCUT2D eigenvalue weighted by molar-refractivity contribution is -0.145. The van der Waals surface area contributed by atoms with Gasteiger partial charge in [-0.05, 0) is 29.3 Å². The van der Waals surface area contributed by atoms with Crippen LogP contribution in [0.5, 0.6) is 0 Å². The molecule has 6 nitrogen and oxygen atoms in total. The third-order valence-corrected chi connectivity index (χ3v) is 4.70. The van der Waals surface area contributed by atoms with E-state index in [9.17, 15) is 18.8 Å². The Labute approximate surface area is 177 Å². The third-order valence-electron chi connectivity index (χ3n) is 4.21. The first-order valence-electron chi connectivity index (χ1n) is 8.93. The van der Waals surface area contributed by atoms with Gasteiger partial charge >= 0.3 is 5.97 Å². The standard InChI is InChI=1S/C21H22BrFN2O4/c1-13(26)24-18(12-15-7-3-4-9-17(15)23)20(27)25-19(21(28)29-2)11-14-6-5-8-16(22)10-14/h3-10,18-19H,11-12H2,1-2H3,(H,24,26)(H,25,27)/t18-,19+/m1/s1. The number of carbonyl (C=O) groups is 3. The SMILES string of the molecule is COC(=O)[C@H](Cc1cccc(Br)c1)NC(=O)[C@@H](Cc1ccccc1F)NC(C)=O. The molecule has 2 aromatic rings. The zero-order chi connectivity index (χ0) is 21.4. The summed E-state index contributed by atoms with van der Waals surface area (Å²) in [4.78, 5) is 36.6. The minimum Gasteiger partial charge on any atom is -0.467 e. The topological polar surface area (TPSA) is 84.5 Å². The fraction of sp³-hybridized carbons (Fsp3) is 0.286. The lowest BCUT2D eigenvalue weighted by Gasteiger charge is -2.22. The van der Waals surface area contributed by atoms with Gasteiger partial charge in [0.25, 0.3) is 0 Å². The number of carbonyl (C=O) groups excluding carboxylic acids is 3. The summed E-state index contributed by atoms with van der Waals surface area (Å²) in [6.45, 7) is 1.26. The van der Waals surface area contributed by atoms with E-state index in [-0.39, 0.29) is 18.4 Å². The molecule has 0 fully saturated rings. The largest absolute Gasteiger partial charge is 0.467 e. The highest BCUT2D eigenvalue weighted by Gasteiger charge is 2.27. The number of methoxy groups -OCH3 is 1. The first kappa shape index (κ1) is 22.5. The summed E-state index contributed by atoms with van der Waals surface area (Å²) in [5.74, 6) is -2.14. The fourth-order valence-electron chi connectivity index (χ4n) is 2.85.